The third-order valence-corrected chi connectivity index (χ3v) is 2.90. The highest BCUT2D eigenvalue weighted by molar-refractivity contribution is 5.42. The van der Waals surface area contributed by atoms with Crippen LogP contribution in [0.4, 0.5) is 0 Å². The van der Waals surface area contributed by atoms with E-state index in [1.807, 2.05) is 0 Å². The van der Waals surface area contributed by atoms with E-state index in [9.17, 15) is 0 Å². The van der Waals surface area contributed by atoms with Gasteiger partial charge in [0.2, 0.25) is 0 Å². The van der Waals surface area contributed by atoms with Crippen LogP contribution in [0.5, 0.6) is 0 Å². The Bertz CT molecular complexity index is 466. The minimum atomic E-state index is 0.485. The first-order valence-electron chi connectivity index (χ1n) is 5.53. The molecule has 1 aliphatic rings. The first-order valence-corrected chi connectivity index (χ1v) is 5.53. The minimum Gasteiger partial charge on any atom is -0.380 e. The second-order valence-corrected chi connectivity index (χ2v) is 4.53. The molecule has 0 N–H and O–H groups in total. The van der Waals surface area contributed by atoms with Gasteiger partial charge in [0, 0.05) is 50.2 Å². The zero-order valence-corrected chi connectivity index (χ0v) is 9.99. The maximum Gasteiger partial charge on any atom is 0.137 e. The molecular formula is C12H19N3. The van der Waals surface area contributed by atoms with Crippen LogP contribution in [0.2, 0.25) is 0 Å². The molecule has 0 atom stereocenters. The van der Waals surface area contributed by atoms with E-state index >= 15 is 0 Å². The predicted octanol–water partition coefficient (Wildman–Crippen LogP) is 0.762. The normalized spacial score (nSPS) is 15.1. The molecule has 2 rings (SSSR count). The van der Waals surface area contributed by atoms with E-state index in [-0.39, 0.29) is 0 Å². The molecule has 0 saturated heterocycles. The van der Waals surface area contributed by atoms with Crippen molar-refractivity contribution in [2.45, 2.75) is 26.3 Å². The van der Waals surface area contributed by atoms with Crippen LogP contribution in [0.15, 0.2) is 17.3 Å². The van der Waals surface area contributed by atoms with Gasteiger partial charge in [-0.05, 0) is 19.9 Å². The van der Waals surface area contributed by atoms with Gasteiger partial charge in [0.25, 0.3) is 0 Å². The molecule has 2 heterocycles. The average molecular weight is 205 g/mol. The smallest absolute Gasteiger partial charge is 0.137 e. The van der Waals surface area contributed by atoms with Gasteiger partial charge in [0.15, 0.2) is 0 Å². The Morgan fingerprint density at radius 2 is 2.13 bits per heavy atom. The van der Waals surface area contributed by atoms with E-state index in [2.05, 4.69) is 54.7 Å². The van der Waals surface area contributed by atoms with Crippen LogP contribution in [0.25, 0.3) is 5.70 Å². The molecule has 3 heteroatoms. The van der Waals surface area contributed by atoms with Gasteiger partial charge >= 0.3 is 0 Å². The molecule has 3 nitrogen and oxygen atoms in total. The second kappa shape index (κ2) is 3.72. The van der Waals surface area contributed by atoms with Crippen molar-refractivity contribution < 1.29 is 0 Å². The summed E-state index contributed by atoms with van der Waals surface area (Å²) in [6, 6.07) is 2.67. The van der Waals surface area contributed by atoms with Gasteiger partial charge < -0.3 is 9.47 Å². The Labute approximate surface area is 90.7 Å². The third-order valence-electron chi connectivity index (χ3n) is 2.90. The van der Waals surface area contributed by atoms with Crippen LogP contribution in [-0.2, 0) is 0 Å². The average Bonchev–Trinajstić information content (AvgIpc) is 2.59. The number of nitrogens with zero attached hydrogens (tertiary/aromatic N) is 3. The first-order chi connectivity index (χ1) is 7.11. The predicted molar refractivity (Wildman–Crippen MR) is 62.2 cm³/mol. The number of hydrogen-bond acceptors (Lipinski definition) is 2. The lowest BCUT2D eigenvalue weighted by molar-refractivity contribution is 0.540. The fourth-order valence-electron chi connectivity index (χ4n) is 2.11. The van der Waals surface area contributed by atoms with E-state index in [1.165, 1.54) is 10.9 Å². The van der Waals surface area contributed by atoms with E-state index in [4.69, 9.17) is 0 Å². The summed E-state index contributed by atoms with van der Waals surface area (Å²) >= 11 is 0. The van der Waals surface area contributed by atoms with Gasteiger partial charge in [-0.2, -0.15) is 0 Å². The molecule has 15 heavy (non-hydrogen) atoms. The summed E-state index contributed by atoms with van der Waals surface area (Å²) in [7, 11) is 4.22. The molecule has 82 valence electrons. The molecule has 0 saturated carbocycles. The Morgan fingerprint density at radius 3 is 2.73 bits per heavy atom. The lowest BCUT2D eigenvalue weighted by atomic mass is 10.2. The molecule has 0 aliphatic carbocycles. The van der Waals surface area contributed by atoms with Crippen molar-refractivity contribution >= 4 is 5.70 Å². The summed E-state index contributed by atoms with van der Waals surface area (Å²) in [5.41, 5.74) is 2.55. The fraction of sp³-hybridized carbons (Fsp3) is 0.583. The highest BCUT2D eigenvalue weighted by Crippen LogP contribution is 2.07. The van der Waals surface area contributed by atoms with Crippen molar-refractivity contribution in [3.8, 4) is 0 Å². The lowest BCUT2D eigenvalue weighted by Crippen LogP contribution is -2.38. The van der Waals surface area contributed by atoms with Gasteiger partial charge in [-0.25, -0.2) is 0 Å². The number of hydrogen-bond donors (Lipinski definition) is 0. The Kier molecular flexibility index (Phi) is 2.55. The molecular weight excluding hydrogens is 186 g/mol. The molecule has 1 aromatic rings. The molecule has 0 unspecified atom stereocenters. The molecule has 1 aromatic heterocycles. The Balaban J connectivity index is 2.70. The van der Waals surface area contributed by atoms with Crippen molar-refractivity contribution in [1.82, 2.24) is 9.47 Å². The van der Waals surface area contributed by atoms with Gasteiger partial charge in [0.05, 0.1) is 0 Å². The summed E-state index contributed by atoms with van der Waals surface area (Å²) < 4.78 is 2.25. The molecule has 0 spiro atoms. The van der Waals surface area contributed by atoms with Crippen molar-refractivity contribution in [2.75, 3.05) is 20.6 Å². The summed E-state index contributed by atoms with van der Waals surface area (Å²) in [5, 5.41) is 1.31. The summed E-state index contributed by atoms with van der Waals surface area (Å²) in [6.45, 7) is 5.30. The zero-order chi connectivity index (χ0) is 11.0. The van der Waals surface area contributed by atoms with Crippen LogP contribution in [-0.4, -0.2) is 30.1 Å². The minimum absolute atomic E-state index is 0.485. The third kappa shape index (κ3) is 1.66. The summed E-state index contributed by atoms with van der Waals surface area (Å²) in [6.07, 6.45) is 3.20. The Morgan fingerprint density at radius 1 is 1.40 bits per heavy atom. The monoisotopic (exact) mass is 205 g/mol. The highest BCUT2D eigenvalue weighted by atomic mass is 15.1. The molecule has 0 aromatic carbocycles. The summed E-state index contributed by atoms with van der Waals surface area (Å²) in [4.78, 5) is 6.83. The molecule has 0 radical (unpaired) electrons. The highest BCUT2D eigenvalue weighted by Gasteiger charge is 2.11. The molecule has 0 amide bonds. The zero-order valence-electron chi connectivity index (χ0n) is 9.99. The number of aromatic nitrogens is 1. The second-order valence-electron chi connectivity index (χ2n) is 4.53. The van der Waals surface area contributed by atoms with Crippen molar-refractivity contribution in [3.05, 3.63) is 23.0 Å². The van der Waals surface area contributed by atoms with Crippen LogP contribution >= 0.6 is 0 Å². The van der Waals surface area contributed by atoms with Crippen LogP contribution in [0.1, 0.15) is 26.3 Å². The van der Waals surface area contributed by atoms with E-state index in [1.54, 1.807) is 0 Å². The lowest BCUT2D eigenvalue weighted by Gasteiger charge is -2.18. The van der Waals surface area contributed by atoms with Gasteiger partial charge in [-0.1, -0.05) is 0 Å². The first kappa shape index (κ1) is 10.3. The van der Waals surface area contributed by atoms with Crippen LogP contribution in [0, 0.1) is 0 Å². The molecule has 0 bridgehead atoms. The topological polar surface area (TPSA) is 20.5 Å². The van der Waals surface area contributed by atoms with Gasteiger partial charge in [-0.3, -0.25) is 4.99 Å². The number of fused-ring (bicyclic) bond motifs is 1. The standard InChI is InChI=1S/C12H19N3/c1-9(2)15-8-6-10-11(14(3)4)5-7-13-12(10)15/h6,8-9H,5,7H2,1-4H3. The molecule has 0 fully saturated rings. The van der Waals surface area contributed by atoms with Gasteiger partial charge in [-0.15, -0.1) is 0 Å². The van der Waals surface area contributed by atoms with E-state index in [0.29, 0.717) is 6.04 Å². The maximum atomic E-state index is 4.62. The van der Waals surface area contributed by atoms with Crippen molar-refractivity contribution in [3.63, 3.8) is 0 Å². The van der Waals surface area contributed by atoms with Crippen LogP contribution in [0.3, 0.4) is 0 Å². The Hall–Kier alpha value is -1.25. The largest absolute Gasteiger partial charge is 0.380 e. The fourth-order valence-corrected chi connectivity index (χ4v) is 2.11. The van der Waals surface area contributed by atoms with E-state index in [0.717, 1.165) is 18.5 Å². The van der Waals surface area contributed by atoms with Crippen molar-refractivity contribution in [1.29, 1.82) is 0 Å². The maximum absolute atomic E-state index is 4.62. The van der Waals surface area contributed by atoms with Crippen molar-refractivity contribution in [2.24, 2.45) is 4.99 Å². The van der Waals surface area contributed by atoms with E-state index < -0.39 is 0 Å². The van der Waals surface area contributed by atoms with Crippen LogP contribution < -0.4 is 10.7 Å². The summed E-state index contributed by atoms with van der Waals surface area (Å²) in [5.74, 6) is 0. The quantitative estimate of drug-likeness (QED) is 0.698. The van der Waals surface area contributed by atoms with Gasteiger partial charge in [0.1, 0.15) is 5.49 Å². The molecule has 1 aliphatic heterocycles. The SMILES string of the molecule is CC(C)n1ccc2c1=NCCC=2N(C)C. The number of rotatable bonds is 2.